The van der Waals surface area contributed by atoms with Crippen LogP contribution in [0.15, 0.2) is 46.1 Å². The normalized spacial score (nSPS) is 12.4. The minimum absolute atomic E-state index is 0.131. The molecule has 0 radical (unpaired) electrons. The molecule has 1 aliphatic rings. The molecule has 6 heteroatoms. The number of rotatable bonds is 3. The van der Waals surface area contributed by atoms with Crippen LogP contribution in [0.1, 0.15) is 49.6 Å². The van der Waals surface area contributed by atoms with Crippen molar-refractivity contribution in [2.24, 2.45) is 5.73 Å². The third-order valence-corrected chi connectivity index (χ3v) is 6.14. The van der Waals surface area contributed by atoms with Crippen LogP contribution < -0.4 is 11.4 Å². The second-order valence-corrected chi connectivity index (χ2v) is 8.20. The van der Waals surface area contributed by atoms with E-state index in [2.05, 4.69) is 19.6 Å². The molecule has 0 aliphatic heterocycles. The highest BCUT2D eigenvalue weighted by Gasteiger charge is 2.17. The van der Waals surface area contributed by atoms with Crippen LogP contribution in [0.5, 0.6) is 0 Å². The van der Waals surface area contributed by atoms with E-state index in [-0.39, 0.29) is 5.56 Å². The van der Waals surface area contributed by atoms with Crippen molar-refractivity contribution in [1.29, 1.82) is 5.26 Å². The van der Waals surface area contributed by atoms with E-state index < -0.39 is 11.5 Å². The number of nitrogens with zero attached hydrogens (tertiary/aromatic N) is 1. The monoisotopic (exact) mass is 406 g/mol. The minimum atomic E-state index is -0.783. The Bertz CT molecular complexity index is 1180. The van der Waals surface area contributed by atoms with Crippen molar-refractivity contribution in [2.75, 3.05) is 0 Å². The third kappa shape index (κ3) is 4.30. The van der Waals surface area contributed by atoms with Crippen LogP contribution in [0.2, 0.25) is 0 Å². The van der Waals surface area contributed by atoms with Gasteiger partial charge in [-0.15, -0.1) is 17.9 Å². The molecular weight excluding hydrogens is 384 g/mol. The topological polar surface area (TPSA) is 97.1 Å². The molecule has 1 amide bonds. The Morgan fingerprint density at radius 1 is 1.38 bits per heavy atom. The number of nitriles is 1. The van der Waals surface area contributed by atoms with Crippen LogP contribution in [0, 0.1) is 18.3 Å². The van der Waals surface area contributed by atoms with E-state index >= 15 is 0 Å². The zero-order chi connectivity index (χ0) is 21.0. The van der Waals surface area contributed by atoms with E-state index in [1.54, 1.807) is 12.1 Å². The number of carbonyl (C=O) groups excluding carboxylic acids is 1. The van der Waals surface area contributed by atoms with E-state index in [0.29, 0.717) is 17.4 Å². The van der Waals surface area contributed by atoms with Gasteiger partial charge in [0.25, 0.3) is 5.91 Å². The van der Waals surface area contributed by atoms with E-state index in [1.807, 2.05) is 23.5 Å². The first kappa shape index (κ1) is 20.6. The molecule has 5 nitrogen and oxygen atoms in total. The summed E-state index contributed by atoms with van der Waals surface area (Å²) in [7, 11) is 0. The predicted molar refractivity (Wildman–Crippen MR) is 115 cm³/mol. The summed E-state index contributed by atoms with van der Waals surface area (Å²) in [5.41, 5.74) is 7.90. The Morgan fingerprint density at radius 3 is 2.83 bits per heavy atom. The SMILES string of the molecule is C=CCc1cccc2cc(C(N)=O)c(=O)oc12.Cc1sc2c(c1C#N)CCCC2. The van der Waals surface area contributed by atoms with Gasteiger partial charge in [0.2, 0.25) is 0 Å². The number of fused-ring (bicyclic) bond motifs is 2. The molecular formula is C23H22N2O3S. The van der Waals surface area contributed by atoms with Crippen molar-refractivity contribution in [3.05, 3.63) is 79.3 Å². The van der Waals surface area contributed by atoms with Crippen molar-refractivity contribution in [1.82, 2.24) is 0 Å². The molecule has 2 aromatic heterocycles. The molecule has 1 aromatic carbocycles. The van der Waals surface area contributed by atoms with Gasteiger partial charge >= 0.3 is 5.63 Å². The highest BCUT2D eigenvalue weighted by atomic mass is 32.1. The van der Waals surface area contributed by atoms with Crippen molar-refractivity contribution in [3.8, 4) is 6.07 Å². The van der Waals surface area contributed by atoms with Crippen LogP contribution in [-0.2, 0) is 19.3 Å². The Labute approximate surface area is 173 Å². The van der Waals surface area contributed by atoms with Crippen LogP contribution in [0.3, 0.4) is 0 Å². The van der Waals surface area contributed by atoms with E-state index in [1.165, 1.54) is 40.6 Å². The molecule has 148 valence electrons. The molecule has 0 saturated heterocycles. The van der Waals surface area contributed by atoms with E-state index in [9.17, 15) is 9.59 Å². The second kappa shape index (κ2) is 8.89. The lowest BCUT2D eigenvalue weighted by molar-refractivity contribution is 0.0997. The first-order chi connectivity index (χ1) is 14.0. The van der Waals surface area contributed by atoms with Crippen molar-refractivity contribution in [3.63, 3.8) is 0 Å². The second-order valence-electron chi connectivity index (χ2n) is 6.89. The Morgan fingerprint density at radius 2 is 2.14 bits per heavy atom. The quantitative estimate of drug-likeness (QED) is 0.514. The molecule has 3 aromatic rings. The van der Waals surface area contributed by atoms with Crippen LogP contribution in [0.25, 0.3) is 11.0 Å². The van der Waals surface area contributed by atoms with Gasteiger partial charge in [-0.05, 0) is 56.2 Å². The number of allylic oxidation sites excluding steroid dienone is 1. The number of carbonyl (C=O) groups is 1. The van der Waals surface area contributed by atoms with Crippen LogP contribution in [0.4, 0.5) is 0 Å². The zero-order valence-electron chi connectivity index (χ0n) is 16.3. The summed E-state index contributed by atoms with van der Waals surface area (Å²) in [4.78, 5) is 25.2. The molecule has 1 aliphatic carbocycles. The first-order valence-electron chi connectivity index (χ1n) is 9.44. The number of aryl methyl sites for hydroxylation is 2. The van der Waals surface area contributed by atoms with E-state index in [4.69, 9.17) is 15.4 Å². The summed E-state index contributed by atoms with van der Waals surface area (Å²) < 4.78 is 5.13. The fourth-order valence-electron chi connectivity index (χ4n) is 3.54. The number of amides is 1. The van der Waals surface area contributed by atoms with Gasteiger partial charge in [0.15, 0.2) is 0 Å². The van der Waals surface area contributed by atoms with Gasteiger partial charge in [0.05, 0.1) is 5.56 Å². The van der Waals surface area contributed by atoms with Gasteiger partial charge in [0, 0.05) is 15.1 Å². The summed E-state index contributed by atoms with van der Waals surface area (Å²) in [6.45, 7) is 5.69. The van der Waals surface area contributed by atoms with Crippen molar-refractivity contribution in [2.45, 2.75) is 39.0 Å². The Balaban J connectivity index is 0.000000176. The number of para-hydroxylation sites is 1. The van der Waals surface area contributed by atoms with Crippen molar-refractivity contribution < 1.29 is 9.21 Å². The largest absolute Gasteiger partial charge is 0.422 e. The number of benzene rings is 1. The lowest BCUT2D eigenvalue weighted by Gasteiger charge is -2.09. The average molecular weight is 407 g/mol. The number of hydrogen-bond acceptors (Lipinski definition) is 5. The molecule has 0 bridgehead atoms. The summed E-state index contributed by atoms with van der Waals surface area (Å²) >= 11 is 1.82. The smallest absolute Gasteiger partial charge is 0.349 e. The zero-order valence-corrected chi connectivity index (χ0v) is 17.1. The molecule has 0 atom stereocenters. The summed E-state index contributed by atoms with van der Waals surface area (Å²) in [5, 5.41) is 9.60. The number of primary amides is 1. The minimum Gasteiger partial charge on any atom is -0.422 e. The first-order valence-corrected chi connectivity index (χ1v) is 10.3. The number of thiophene rings is 1. The Hall–Kier alpha value is -3.17. The molecule has 0 spiro atoms. The fraction of sp³-hybridized carbons (Fsp3) is 0.261. The maximum absolute atomic E-state index is 11.5. The number of nitrogens with two attached hydrogens (primary N) is 1. The molecule has 0 unspecified atom stereocenters. The summed E-state index contributed by atoms with van der Waals surface area (Å²) in [6.07, 6.45) is 7.20. The summed E-state index contributed by atoms with van der Waals surface area (Å²) in [5.74, 6) is -0.783. The maximum Gasteiger partial charge on any atom is 0.349 e. The highest BCUT2D eigenvalue weighted by Crippen LogP contribution is 2.33. The molecule has 0 fully saturated rings. The van der Waals surface area contributed by atoms with Crippen LogP contribution in [-0.4, -0.2) is 5.91 Å². The molecule has 2 heterocycles. The van der Waals surface area contributed by atoms with Gasteiger partial charge in [-0.3, -0.25) is 4.79 Å². The van der Waals surface area contributed by atoms with Gasteiger partial charge in [-0.1, -0.05) is 24.3 Å². The molecule has 4 rings (SSSR count). The molecule has 2 N–H and O–H groups in total. The van der Waals surface area contributed by atoms with Gasteiger partial charge in [0.1, 0.15) is 17.2 Å². The third-order valence-electron chi connectivity index (χ3n) is 4.93. The predicted octanol–water partition coefficient (Wildman–Crippen LogP) is 4.43. The fourth-order valence-corrected chi connectivity index (χ4v) is 4.76. The van der Waals surface area contributed by atoms with Crippen molar-refractivity contribution >= 4 is 28.2 Å². The molecule has 29 heavy (non-hydrogen) atoms. The number of hydrogen-bond donors (Lipinski definition) is 1. The average Bonchev–Trinajstić information content (AvgIpc) is 3.03. The highest BCUT2D eigenvalue weighted by molar-refractivity contribution is 7.12. The Kier molecular flexibility index (Phi) is 6.30. The van der Waals surface area contributed by atoms with Crippen LogP contribution >= 0.6 is 11.3 Å². The maximum atomic E-state index is 11.5. The lowest BCUT2D eigenvalue weighted by atomic mass is 9.95. The standard InChI is InChI=1S/C13H11NO3.C10H11NS/c1-2-4-8-5-3-6-9-7-10(12(14)15)13(16)17-11(8)9;1-7-9(6-11)8-4-2-3-5-10(8)12-7/h2-3,5-7H,1,4H2,(H2,14,15);2-5H2,1H3. The van der Waals surface area contributed by atoms with Gasteiger partial charge < -0.3 is 10.2 Å². The van der Waals surface area contributed by atoms with Gasteiger partial charge in [-0.25, -0.2) is 4.79 Å². The van der Waals surface area contributed by atoms with E-state index in [0.717, 1.165) is 17.5 Å². The molecule has 0 saturated carbocycles. The summed E-state index contributed by atoms with van der Waals surface area (Å²) in [6, 6.07) is 9.20. The van der Waals surface area contributed by atoms with Gasteiger partial charge in [-0.2, -0.15) is 5.26 Å². The lowest BCUT2D eigenvalue weighted by Crippen LogP contribution is -2.20.